The lowest BCUT2D eigenvalue weighted by molar-refractivity contribution is -0.149. The molecule has 2 aliphatic heterocycles. The topological polar surface area (TPSA) is 113 Å². The van der Waals surface area contributed by atoms with Crippen molar-refractivity contribution in [1.82, 2.24) is 15.2 Å². The number of benzene rings is 1. The van der Waals surface area contributed by atoms with E-state index in [1.807, 2.05) is 0 Å². The SMILES string of the molecule is COC(=O)C1=C(CN2CCOCC2C(=O)O)NC(c2nccs2)=NC1c1ccc(Cl)c(F)c1. The summed E-state index contributed by atoms with van der Waals surface area (Å²) in [4.78, 5) is 35.2. The molecule has 33 heavy (non-hydrogen) atoms. The summed E-state index contributed by atoms with van der Waals surface area (Å²) >= 11 is 7.18. The largest absolute Gasteiger partial charge is 0.480 e. The highest BCUT2D eigenvalue weighted by Crippen LogP contribution is 2.34. The fraction of sp³-hybridized carbons (Fsp3) is 0.333. The predicted octanol–water partition coefficient (Wildman–Crippen LogP) is 2.24. The van der Waals surface area contributed by atoms with Crippen molar-refractivity contribution in [2.45, 2.75) is 12.1 Å². The molecule has 1 fully saturated rings. The molecule has 4 rings (SSSR count). The van der Waals surface area contributed by atoms with Crippen molar-refractivity contribution in [2.75, 3.05) is 33.4 Å². The number of ether oxygens (including phenoxy) is 2. The number of methoxy groups -OCH3 is 1. The molecule has 0 radical (unpaired) electrons. The number of nitrogens with zero attached hydrogens (tertiary/aromatic N) is 3. The molecule has 1 aromatic carbocycles. The number of aliphatic carboxylic acids is 1. The third-order valence-electron chi connectivity index (χ3n) is 5.31. The minimum Gasteiger partial charge on any atom is -0.480 e. The van der Waals surface area contributed by atoms with Crippen molar-refractivity contribution < 1.29 is 28.6 Å². The third-order valence-corrected chi connectivity index (χ3v) is 6.40. The number of carbonyl (C=O) groups is 2. The van der Waals surface area contributed by atoms with Crippen LogP contribution in [0.5, 0.6) is 0 Å². The van der Waals surface area contributed by atoms with Gasteiger partial charge in [-0.05, 0) is 17.7 Å². The Labute approximate surface area is 197 Å². The lowest BCUT2D eigenvalue weighted by atomic mass is 9.95. The number of carboxylic acid groups (broad SMARTS) is 1. The van der Waals surface area contributed by atoms with Gasteiger partial charge in [0.25, 0.3) is 0 Å². The molecular weight excluding hydrogens is 475 g/mol. The second kappa shape index (κ2) is 9.96. The van der Waals surface area contributed by atoms with Gasteiger partial charge in [0.05, 0.1) is 30.9 Å². The number of amidine groups is 1. The number of carbonyl (C=O) groups excluding carboxylic acids is 1. The van der Waals surface area contributed by atoms with E-state index in [1.54, 1.807) is 22.5 Å². The van der Waals surface area contributed by atoms with E-state index in [1.165, 1.54) is 30.6 Å². The average molecular weight is 495 g/mol. The van der Waals surface area contributed by atoms with Crippen LogP contribution in [0.25, 0.3) is 0 Å². The summed E-state index contributed by atoms with van der Waals surface area (Å²) < 4.78 is 24.6. The van der Waals surface area contributed by atoms with Crippen LogP contribution in [0.3, 0.4) is 0 Å². The molecule has 174 valence electrons. The summed E-state index contributed by atoms with van der Waals surface area (Å²) in [6, 6.07) is 2.39. The highest BCUT2D eigenvalue weighted by molar-refractivity contribution is 7.11. The van der Waals surface area contributed by atoms with Crippen molar-refractivity contribution in [3.63, 3.8) is 0 Å². The first-order valence-corrected chi connectivity index (χ1v) is 11.2. The maximum absolute atomic E-state index is 14.3. The monoisotopic (exact) mass is 494 g/mol. The Hall–Kier alpha value is -2.86. The molecule has 1 saturated heterocycles. The number of aliphatic imine (C=N–C) groups is 1. The van der Waals surface area contributed by atoms with Crippen molar-refractivity contribution >= 4 is 40.7 Å². The average Bonchev–Trinajstić information content (AvgIpc) is 3.35. The maximum Gasteiger partial charge on any atom is 0.338 e. The van der Waals surface area contributed by atoms with Crippen LogP contribution >= 0.6 is 22.9 Å². The Morgan fingerprint density at radius 3 is 2.94 bits per heavy atom. The zero-order valence-corrected chi connectivity index (χ0v) is 19.0. The van der Waals surface area contributed by atoms with Crippen molar-refractivity contribution in [1.29, 1.82) is 0 Å². The first-order chi connectivity index (χ1) is 15.9. The van der Waals surface area contributed by atoms with Gasteiger partial charge in [0.1, 0.15) is 17.9 Å². The van der Waals surface area contributed by atoms with Gasteiger partial charge in [-0.1, -0.05) is 17.7 Å². The Morgan fingerprint density at radius 1 is 1.45 bits per heavy atom. The van der Waals surface area contributed by atoms with E-state index >= 15 is 0 Å². The van der Waals surface area contributed by atoms with E-state index in [0.717, 1.165) is 0 Å². The Kier molecular flexibility index (Phi) is 7.03. The number of hydrogen-bond donors (Lipinski definition) is 2. The van der Waals surface area contributed by atoms with Crippen molar-refractivity contribution in [2.24, 2.45) is 4.99 Å². The normalized spacial score (nSPS) is 21.4. The summed E-state index contributed by atoms with van der Waals surface area (Å²) in [6.07, 6.45) is 1.61. The van der Waals surface area contributed by atoms with Crippen LogP contribution in [0.4, 0.5) is 4.39 Å². The van der Waals surface area contributed by atoms with Gasteiger partial charge in [0.2, 0.25) is 0 Å². The Balaban J connectivity index is 1.81. The quantitative estimate of drug-likeness (QED) is 0.588. The Morgan fingerprint density at radius 2 is 2.27 bits per heavy atom. The van der Waals surface area contributed by atoms with Crippen LogP contribution in [-0.4, -0.2) is 72.2 Å². The number of rotatable bonds is 6. The highest BCUT2D eigenvalue weighted by atomic mass is 35.5. The zero-order valence-electron chi connectivity index (χ0n) is 17.5. The van der Waals surface area contributed by atoms with Crippen LogP contribution < -0.4 is 5.32 Å². The summed E-state index contributed by atoms with van der Waals surface area (Å²) in [6.45, 7) is 0.807. The molecule has 2 aromatic rings. The first kappa shape index (κ1) is 23.3. The predicted molar refractivity (Wildman–Crippen MR) is 119 cm³/mol. The van der Waals surface area contributed by atoms with Crippen molar-refractivity contribution in [3.8, 4) is 0 Å². The van der Waals surface area contributed by atoms with Gasteiger partial charge in [0.15, 0.2) is 10.8 Å². The van der Waals surface area contributed by atoms with E-state index in [4.69, 9.17) is 21.1 Å². The minimum atomic E-state index is -1.03. The van der Waals surface area contributed by atoms with Gasteiger partial charge in [-0.25, -0.2) is 14.2 Å². The molecule has 0 aliphatic carbocycles. The molecule has 1 aromatic heterocycles. The van der Waals surface area contributed by atoms with Crippen LogP contribution in [0.15, 0.2) is 46.0 Å². The fourth-order valence-electron chi connectivity index (χ4n) is 3.70. The second-order valence-electron chi connectivity index (χ2n) is 7.30. The molecule has 3 heterocycles. The Bertz CT molecular complexity index is 1120. The third kappa shape index (κ3) is 4.91. The zero-order chi connectivity index (χ0) is 23.5. The number of thiazole rings is 1. The summed E-state index contributed by atoms with van der Waals surface area (Å²) in [5, 5.41) is 15.0. The number of halogens is 2. The van der Waals surface area contributed by atoms with Gasteiger partial charge in [-0.15, -0.1) is 11.3 Å². The molecular formula is C21H20ClFN4O5S. The lowest BCUT2D eigenvalue weighted by Crippen LogP contribution is -2.52. The van der Waals surface area contributed by atoms with Crippen LogP contribution in [-0.2, 0) is 19.1 Å². The number of carboxylic acids is 1. The first-order valence-electron chi connectivity index (χ1n) is 9.94. The molecule has 0 amide bonds. The molecule has 2 unspecified atom stereocenters. The summed E-state index contributed by atoms with van der Waals surface area (Å²) in [7, 11) is 1.24. The number of morpholine rings is 1. The summed E-state index contributed by atoms with van der Waals surface area (Å²) in [5.41, 5.74) is 0.938. The highest BCUT2D eigenvalue weighted by Gasteiger charge is 2.36. The van der Waals surface area contributed by atoms with E-state index in [0.29, 0.717) is 35.3 Å². The molecule has 0 saturated carbocycles. The van der Waals surface area contributed by atoms with Gasteiger partial charge in [0, 0.05) is 30.4 Å². The van der Waals surface area contributed by atoms with E-state index in [9.17, 15) is 19.1 Å². The fourth-order valence-corrected chi connectivity index (χ4v) is 4.41. The van der Waals surface area contributed by atoms with Crippen LogP contribution in [0, 0.1) is 5.82 Å². The number of hydrogen-bond acceptors (Lipinski definition) is 9. The van der Waals surface area contributed by atoms with E-state index < -0.39 is 29.8 Å². The summed E-state index contributed by atoms with van der Waals surface area (Å²) in [5.74, 6) is -1.97. The number of nitrogens with one attached hydrogen (secondary N) is 1. The van der Waals surface area contributed by atoms with E-state index in [-0.39, 0.29) is 23.7 Å². The van der Waals surface area contributed by atoms with Gasteiger partial charge >= 0.3 is 11.9 Å². The maximum atomic E-state index is 14.3. The van der Waals surface area contributed by atoms with Gasteiger partial charge in [-0.2, -0.15) is 0 Å². The molecule has 0 bridgehead atoms. The molecule has 12 heteroatoms. The standard InChI is InChI=1S/C21H20ClFN4O5S/c1-31-21(30)16-14(9-27-5-6-32-10-15(27)20(28)29)25-18(19-24-4-7-33-19)26-17(16)11-2-3-12(22)13(23)8-11/h2-4,7-8,15,17H,5-6,9-10H2,1H3,(H,25,26)(H,28,29). The van der Waals surface area contributed by atoms with Crippen LogP contribution in [0.2, 0.25) is 5.02 Å². The lowest BCUT2D eigenvalue weighted by Gasteiger charge is -2.35. The molecule has 2 atom stereocenters. The molecule has 0 spiro atoms. The second-order valence-corrected chi connectivity index (χ2v) is 8.60. The minimum absolute atomic E-state index is 0.0232. The number of esters is 1. The smallest absolute Gasteiger partial charge is 0.338 e. The molecule has 2 aliphatic rings. The number of aromatic nitrogens is 1. The van der Waals surface area contributed by atoms with Gasteiger partial charge < -0.3 is 19.9 Å². The van der Waals surface area contributed by atoms with Crippen molar-refractivity contribution in [3.05, 3.63) is 62.5 Å². The molecule has 9 nitrogen and oxygen atoms in total. The molecule has 2 N–H and O–H groups in total. The van der Waals surface area contributed by atoms with Crippen LogP contribution in [0.1, 0.15) is 16.6 Å². The van der Waals surface area contributed by atoms with Gasteiger partial charge in [-0.3, -0.25) is 14.7 Å². The van der Waals surface area contributed by atoms with E-state index in [2.05, 4.69) is 15.3 Å².